The van der Waals surface area contributed by atoms with Crippen LogP contribution >= 0.6 is 0 Å². The topological polar surface area (TPSA) is 89.8 Å². The minimum atomic E-state index is -0.549. The van der Waals surface area contributed by atoms with Gasteiger partial charge in [0.05, 0.1) is 11.8 Å². The van der Waals surface area contributed by atoms with Crippen LogP contribution in [-0.4, -0.2) is 33.6 Å². The molecule has 6 heteroatoms. The van der Waals surface area contributed by atoms with E-state index >= 15 is 0 Å². The molecule has 2 heterocycles. The van der Waals surface area contributed by atoms with E-state index < -0.39 is 17.5 Å². The van der Waals surface area contributed by atoms with Gasteiger partial charge in [-0.3, -0.25) is 9.59 Å². The summed E-state index contributed by atoms with van der Waals surface area (Å²) >= 11 is 0. The number of nitriles is 1. The second-order valence-corrected chi connectivity index (χ2v) is 6.67. The molecular weight excluding hydrogens is 352 g/mol. The van der Waals surface area contributed by atoms with Gasteiger partial charge in [0.2, 0.25) is 0 Å². The number of aromatic nitrogens is 2. The molecule has 0 spiro atoms. The van der Waals surface area contributed by atoms with E-state index in [1.54, 1.807) is 0 Å². The summed E-state index contributed by atoms with van der Waals surface area (Å²) in [4.78, 5) is 27.6. The van der Waals surface area contributed by atoms with Crippen LogP contribution in [0.5, 0.6) is 0 Å². The highest BCUT2D eigenvalue weighted by atomic mass is 16.2. The monoisotopic (exact) mass is 370 g/mol. The van der Waals surface area contributed by atoms with Crippen LogP contribution in [0.25, 0.3) is 22.4 Å². The van der Waals surface area contributed by atoms with Crippen LogP contribution in [-0.2, 0) is 0 Å². The van der Waals surface area contributed by atoms with Crippen LogP contribution in [0.15, 0.2) is 65.5 Å². The van der Waals surface area contributed by atoms with E-state index in [1.807, 2.05) is 60.7 Å². The van der Waals surface area contributed by atoms with Crippen LogP contribution < -0.4 is 5.56 Å². The number of rotatable bonds is 3. The molecule has 1 N–H and O–H groups in total. The van der Waals surface area contributed by atoms with Gasteiger partial charge in [0.25, 0.3) is 11.5 Å². The second-order valence-electron chi connectivity index (χ2n) is 6.67. The Balaban J connectivity index is 1.97. The molecule has 0 radical (unpaired) electrons. The van der Waals surface area contributed by atoms with Crippen molar-refractivity contribution in [2.24, 2.45) is 0 Å². The zero-order chi connectivity index (χ0) is 19.5. The van der Waals surface area contributed by atoms with Gasteiger partial charge < -0.3 is 4.90 Å². The Kier molecular flexibility index (Phi) is 4.73. The fraction of sp³-hybridized carbons (Fsp3) is 0.182. The highest BCUT2D eigenvalue weighted by Crippen LogP contribution is 2.33. The molecule has 0 aliphatic carbocycles. The van der Waals surface area contributed by atoms with E-state index in [1.165, 1.54) is 4.90 Å². The number of amides is 1. The summed E-state index contributed by atoms with van der Waals surface area (Å²) in [5.41, 5.74) is 2.03. The summed E-state index contributed by atoms with van der Waals surface area (Å²) < 4.78 is 0. The molecule has 1 aliphatic heterocycles. The summed E-state index contributed by atoms with van der Waals surface area (Å²) in [6.45, 7) is 0.466. The summed E-state index contributed by atoms with van der Waals surface area (Å²) in [7, 11) is 0. The van der Waals surface area contributed by atoms with Gasteiger partial charge in [-0.15, -0.1) is 0 Å². The fourth-order valence-electron chi connectivity index (χ4n) is 3.63. The van der Waals surface area contributed by atoms with Crippen molar-refractivity contribution in [2.75, 3.05) is 6.54 Å². The molecular formula is C22H18N4O2. The largest absolute Gasteiger partial charge is 0.322 e. The predicted octanol–water partition coefficient (Wildman–Crippen LogP) is 3.23. The van der Waals surface area contributed by atoms with Gasteiger partial charge >= 0.3 is 0 Å². The molecule has 6 nitrogen and oxygen atoms in total. The Morgan fingerprint density at radius 3 is 2.36 bits per heavy atom. The van der Waals surface area contributed by atoms with Gasteiger partial charge in [0.15, 0.2) is 0 Å². The number of H-pyrrole nitrogens is 1. The van der Waals surface area contributed by atoms with Gasteiger partial charge in [0.1, 0.15) is 11.6 Å². The summed E-state index contributed by atoms with van der Waals surface area (Å²) in [5, 5.41) is 16.1. The number of carbonyl (C=O) groups excluding carboxylic acids is 1. The van der Waals surface area contributed by atoms with E-state index in [9.17, 15) is 14.9 Å². The van der Waals surface area contributed by atoms with Gasteiger partial charge in [-0.05, 0) is 18.4 Å². The first-order valence-electron chi connectivity index (χ1n) is 9.15. The molecule has 0 bridgehead atoms. The standard InChI is InChI=1S/C22H18N4O2/c23-14-17-12-7-13-26(17)22(28)19-18(15-8-3-1-4-9-15)20(24-25-21(19)27)16-10-5-2-6-11-16/h1-6,8-11,17H,7,12-13H2,(H,25,27). The third-order valence-electron chi connectivity index (χ3n) is 4.97. The Labute approximate surface area is 162 Å². The van der Waals surface area contributed by atoms with E-state index in [2.05, 4.69) is 16.3 Å². The Hall–Kier alpha value is -3.72. The van der Waals surface area contributed by atoms with Crippen molar-refractivity contribution < 1.29 is 4.79 Å². The average Bonchev–Trinajstić information content (AvgIpc) is 3.23. The first-order valence-corrected chi connectivity index (χ1v) is 9.15. The van der Waals surface area contributed by atoms with E-state index in [-0.39, 0.29) is 5.56 Å². The number of likely N-dealkylation sites (tertiary alicyclic amines) is 1. The number of hydrogen-bond donors (Lipinski definition) is 1. The van der Waals surface area contributed by atoms with Crippen LogP contribution in [0.2, 0.25) is 0 Å². The Bertz CT molecular complexity index is 1100. The maximum atomic E-state index is 13.3. The van der Waals surface area contributed by atoms with Gasteiger partial charge in [-0.1, -0.05) is 60.7 Å². The van der Waals surface area contributed by atoms with Crippen molar-refractivity contribution in [1.82, 2.24) is 15.1 Å². The smallest absolute Gasteiger partial charge is 0.277 e. The summed E-state index contributed by atoms with van der Waals surface area (Å²) in [5.74, 6) is -0.427. The Morgan fingerprint density at radius 2 is 1.71 bits per heavy atom. The molecule has 0 saturated carbocycles. The zero-order valence-corrected chi connectivity index (χ0v) is 15.1. The van der Waals surface area contributed by atoms with E-state index in [4.69, 9.17) is 0 Å². The highest BCUT2D eigenvalue weighted by Gasteiger charge is 2.33. The van der Waals surface area contributed by atoms with Crippen LogP contribution in [0, 0.1) is 11.3 Å². The fourth-order valence-corrected chi connectivity index (χ4v) is 3.63. The summed E-state index contributed by atoms with van der Waals surface area (Å²) in [6, 6.07) is 20.4. The minimum absolute atomic E-state index is 0.0298. The molecule has 2 aromatic carbocycles. The number of nitrogens with one attached hydrogen (secondary N) is 1. The lowest BCUT2D eigenvalue weighted by Gasteiger charge is -2.21. The third-order valence-corrected chi connectivity index (χ3v) is 4.97. The molecule has 1 aliphatic rings. The van der Waals surface area contributed by atoms with Crippen molar-refractivity contribution in [3.8, 4) is 28.5 Å². The molecule has 3 aromatic rings. The zero-order valence-electron chi connectivity index (χ0n) is 15.1. The molecule has 1 amide bonds. The lowest BCUT2D eigenvalue weighted by atomic mass is 9.95. The maximum absolute atomic E-state index is 13.3. The molecule has 1 saturated heterocycles. The van der Waals surface area contributed by atoms with E-state index in [0.717, 1.165) is 17.5 Å². The lowest BCUT2D eigenvalue weighted by molar-refractivity contribution is 0.0763. The van der Waals surface area contributed by atoms with Crippen LogP contribution in [0.1, 0.15) is 23.2 Å². The predicted molar refractivity (Wildman–Crippen MR) is 105 cm³/mol. The number of carbonyl (C=O) groups is 1. The minimum Gasteiger partial charge on any atom is -0.322 e. The van der Waals surface area contributed by atoms with E-state index in [0.29, 0.717) is 24.2 Å². The highest BCUT2D eigenvalue weighted by molar-refractivity contribution is 6.04. The molecule has 1 unspecified atom stereocenters. The first kappa shape index (κ1) is 17.7. The number of hydrogen-bond acceptors (Lipinski definition) is 4. The lowest BCUT2D eigenvalue weighted by Crippen LogP contribution is -2.38. The maximum Gasteiger partial charge on any atom is 0.277 e. The average molecular weight is 370 g/mol. The molecule has 1 fully saturated rings. The van der Waals surface area contributed by atoms with Crippen LogP contribution in [0.4, 0.5) is 0 Å². The number of benzene rings is 2. The summed E-state index contributed by atoms with van der Waals surface area (Å²) in [6.07, 6.45) is 1.37. The molecule has 4 rings (SSSR count). The van der Waals surface area contributed by atoms with Crippen molar-refractivity contribution in [3.05, 3.63) is 76.6 Å². The quantitative estimate of drug-likeness (QED) is 0.766. The van der Waals surface area contributed by atoms with Crippen molar-refractivity contribution in [2.45, 2.75) is 18.9 Å². The van der Waals surface area contributed by atoms with Crippen molar-refractivity contribution >= 4 is 5.91 Å². The first-order chi connectivity index (χ1) is 13.7. The third kappa shape index (κ3) is 3.08. The molecule has 1 atom stereocenters. The van der Waals surface area contributed by atoms with Crippen molar-refractivity contribution in [3.63, 3.8) is 0 Å². The normalized spacial score (nSPS) is 16.0. The second kappa shape index (κ2) is 7.49. The Morgan fingerprint density at radius 1 is 1.07 bits per heavy atom. The SMILES string of the molecule is N#CC1CCCN1C(=O)c1c(-c2ccccc2)c(-c2ccccc2)n[nH]c1=O. The van der Waals surface area contributed by atoms with Gasteiger partial charge in [-0.25, -0.2) is 5.10 Å². The van der Waals surface area contributed by atoms with Gasteiger partial charge in [0, 0.05) is 17.7 Å². The molecule has 28 heavy (non-hydrogen) atoms. The number of nitrogens with zero attached hydrogens (tertiary/aromatic N) is 3. The number of aromatic amines is 1. The molecule has 138 valence electrons. The van der Waals surface area contributed by atoms with Crippen molar-refractivity contribution in [1.29, 1.82) is 5.26 Å². The molecule has 1 aromatic heterocycles. The van der Waals surface area contributed by atoms with Crippen LogP contribution in [0.3, 0.4) is 0 Å². The van der Waals surface area contributed by atoms with Gasteiger partial charge in [-0.2, -0.15) is 10.4 Å².